The molecule has 0 heterocycles. The summed E-state index contributed by atoms with van der Waals surface area (Å²) in [6.07, 6.45) is 3.67. The lowest BCUT2D eigenvalue weighted by molar-refractivity contribution is 0.0950. The van der Waals surface area contributed by atoms with E-state index in [9.17, 15) is 4.79 Å². The standard InChI is InChI=1S/C15H24N2O3/c1-2-20-13-9-7-8-12(16)14(13)15(19)17-10-5-3-4-6-11-18/h7-9,18H,2-6,10-11,16H2,1H3,(H,17,19). The molecule has 20 heavy (non-hydrogen) atoms. The first kappa shape index (κ1) is 16.3. The van der Waals surface area contributed by atoms with Crippen LogP contribution in [0.3, 0.4) is 0 Å². The largest absolute Gasteiger partial charge is 0.493 e. The fraction of sp³-hybridized carbons (Fsp3) is 0.533. The molecule has 0 unspecified atom stereocenters. The molecule has 1 aromatic carbocycles. The molecule has 0 aromatic heterocycles. The van der Waals surface area contributed by atoms with Gasteiger partial charge in [0.15, 0.2) is 0 Å². The molecule has 0 radical (unpaired) electrons. The summed E-state index contributed by atoms with van der Waals surface area (Å²) in [4.78, 5) is 12.1. The Kier molecular flexibility index (Phi) is 7.50. The number of nitrogen functional groups attached to an aromatic ring is 1. The van der Waals surface area contributed by atoms with Gasteiger partial charge in [-0.1, -0.05) is 18.9 Å². The molecule has 0 aliphatic rings. The highest BCUT2D eigenvalue weighted by atomic mass is 16.5. The number of amides is 1. The summed E-state index contributed by atoms with van der Waals surface area (Å²) < 4.78 is 5.43. The van der Waals surface area contributed by atoms with Crippen LogP contribution in [0.25, 0.3) is 0 Å². The number of rotatable bonds is 9. The minimum absolute atomic E-state index is 0.200. The first-order chi connectivity index (χ1) is 9.70. The molecule has 0 aliphatic carbocycles. The number of aliphatic hydroxyl groups is 1. The number of carbonyl (C=O) groups is 1. The SMILES string of the molecule is CCOc1cccc(N)c1C(=O)NCCCCCCO. The van der Waals surface area contributed by atoms with Gasteiger partial charge in [0.1, 0.15) is 11.3 Å². The molecule has 0 spiro atoms. The van der Waals surface area contributed by atoms with Gasteiger partial charge in [0.05, 0.1) is 6.61 Å². The van der Waals surface area contributed by atoms with E-state index in [-0.39, 0.29) is 12.5 Å². The Labute approximate surface area is 120 Å². The number of unbranched alkanes of at least 4 members (excludes halogenated alkanes) is 3. The van der Waals surface area contributed by atoms with Crippen LogP contribution in [-0.2, 0) is 0 Å². The average molecular weight is 280 g/mol. The minimum atomic E-state index is -0.200. The lowest BCUT2D eigenvalue weighted by Gasteiger charge is -2.12. The van der Waals surface area contributed by atoms with Gasteiger partial charge >= 0.3 is 0 Å². The van der Waals surface area contributed by atoms with E-state index in [1.54, 1.807) is 18.2 Å². The third kappa shape index (κ3) is 5.09. The Morgan fingerprint density at radius 2 is 2.05 bits per heavy atom. The van der Waals surface area contributed by atoms with Crippen molar-refractivity contribution in [2.24, 2.45) is 0 Å². The van der Waals surface area contributed by atoms with Crippen molar-refractivity contribution in [1.29, 1.82) is 0 Å². The molecule has 1 rings (SSSR count). The van der Waals surface area contributed by atoms with Gasteiger partial charge in [-0.05, 0) is 31.9 Å². The Morgan fingerprint density at radius 1 is 1.30 bits per heavy atom. The highest BCUT2D eigenvalue weighted by Crippen LogP contribution is 2.24. The Hall–Kier alpha value is -1.75. The van der Waals surface area contributed by atoms with Crippen molar-refractivity contribution in [3.05, 3.63) is 23.8 Å². The molecular weight excluding hydrogens is 256 g/mol. The quantitative estimate of drug-likeness (QED) is 0.477. The van der Waals surface area contributed by atoms with Gasteiger partial charge in [-0.15, -0.1) is 0 Å². The zero-order valence-electron chi connectivity index (χ0n) is 12.0. The first-order valence-corrected chi connectivity index (χ1v) is 7.11. The van der Waals surface area contributed by atoms with E-state index < -0.39 is 0 Å². The van der Waals surface area contributed by atoms with E-state index in [1.165, 1.54) is 0 Å². The molecule has 5 nitrogen and oxygen atoms in total. The van der Waals surface area contributed by atoms with Crippen LogP contribution in [-0.4, -0.2) is 30.8 Å². The zero-order valence-corrected chi connectivity index (χ0v) is 12.0. The first-order valence-electron chi connectivity index (χ1n) is 7.11. The van der Waals surface area contributed by atoms with Crippen molar-refractivity contribution < 1.29 is 14.6 Å². The summed E-state index contributed by atoms with van der Waals surface area (Å²) >= 11 is 0. The summed E-state index contributed by atoms with van der Waals surface area (Å²) in [7, 11) is 0. The fourth-order valence-corrected chi connectivity index (χ4v) is 1.95. The molecule has 0 fully saturated rings. The second-order valence-electron chi connectivity index (χ2n) is 4.55. The van der Waals surface area contributed by atoms with E-state index in [0.717, 1.165) is 25.7 Å². The molecule has 0 aliphatic heterocycles. The Bertz CT molecular complexity index is 422. The fourth-order valence-electron chi connectivity index (χ4n) is 1.95. The Balaban J connectivity index is 2.50. The van der Waals surface area contributed by atoms with Gasteiger partial charge in [-0.3, -0.25) is 4.79 Å². The van der Waals surface area contributed by atoms with Gasteiger partial charge in [0.25, 0.3) is 5.91 Å². The minimum Gasteiger partial charge on any atom is -0.493 e. The molecular formula is C15H24N2O3. The topological polar surface area (TPSA) is 84.6 Å². The monoisotopic (exact) mass is 280 g/mol. The molecule has 0 saturated heterocycles. The number of ether oxygens (including phenoxy) is 1. The molecule has 1 aromatic rings. The van der Waals surface area contributed by atoms with Crippen molar-refractivity contribution in [2.45, 2.75) is 32.6 Å². The zero-order chi connectivity index (χ0) is 14.8. The van der Waals surface area contributed by atoms with Crippen molar-refractivity contribution >= 4 is 11.6 Å². The van der Waals surface area contributed by atoms with Crippen LogP contribution in [0, 0.1) is 0 Å². The second kappa shape index (κ2) is 9.20. The van der Waals surface area contributed by atoms with Crippen LogP contribution in [0.4, 0.5) is 5.69 Å². The van der Waals surface area contributed by atoms with Crippen molar-refractivity contribution in [3.8, 4) is 5.75 Å². The van der Waals surface area contributed by atoms with Gasteiger partial charge in [-0.25, -0.2) is 0 Å². The summed E-state index contributed by atoms with van der Waals surface area (Å²) in [6, 6.07) is 5.21. The maximum atomic E-state index is 12.1. The lowest BCUT2D eigenvalue weighted by atomic mass is 10.1. The number of nitrogens with two attached hydrogens (primary N) is 1. The molecule has 112 valence electrons. The normalized spacial score (nSPS) is 10.3. The van der Waals surface area contributed by atoms with E-state index in [4.69, 9.17) is 15.6 Å². The van der Waals surface area contributed by atoms with Crippen LogP contribution in [0.5, 0.6) is 5.75 Å². The third-order valence-corrected chi connectivity index (χ3v) is 2.96. The summed E-state index contributed by atoms with van der Waals surface area (Å²) in [6.45, 7) is 3.19. The summed E-state index contributed by atoms with van der Waals surface area (Å²) in [5, 5.41) is 11.5. The number of anilines is 1. The van der Waals surface area contributed by atoms with Crippen LogP contribution in [0.15, 0.2) is 18.2 Å². The van der Waals surface area contributed by atoms with Crippen molar-refractivity contribution in [2.75, 3.05) is 25.5 Å². The van der Waals surface area contributed by atoms with Crippen LogP contribution in [0.1, 0.15) is 43.0 Å². The molecule has 0 saturated carbocycles. The molecule has 0 atom stereocenters. The summed E-state index contributed by atoms with van der Waals surface area (Å²) in [5.41, 5.74) is 6.69. The highest BCUT2D eigenvalue weighted by Gasteiger charge is 2.15. The number of carbonyl (C=O) groups excluding carboxylic acids is 1. The van der Waals surface area contributed by atoms with Crippen molar-refractivity contribution in [1.82, 2.24) is 5.32 Å². The Morgan fingerprint density at radius 3 is 2.75 bits per heavy atom. The number of hydrogen-bond donors (Lipinski definition) is 3. The van der Waals surface area contributed by atoms with Gasteiger partial charge in [0.2, 0.25) is 0 Å². The summed E-state index contributed by atoms with van der Waals surface area (Å²) in [5.74, 6) is 0.319. The van der Waals surface area contributed by atoms with Gasteiger partial charge < -0.3 is 20.9 Å². The predicted molar refractivity (Wildman–Crippen MR) is 79.9 cm³/mol. The molecule has 4 N–H and O–H groups in total. The second-order valence-corrected chi connectivity index (χ2v) is 4.55. The third-order valence-electron chi connectivity index (χ3n) is 2.96. The predicted octanol–water partition coefficient (Wildman–Crippen LogP) is 1.95. The maximum Gasteiger partial charge on any atom is 0.257 e. The molecule has 1 amide bonds. The number of aliphatic hydroxyl groups excluding tert-OH is 1. The van der Waals surface area contributed by atoms with E-state index in [0.29, 0.717) is 30.2 Å². The van der Waals surface area contributed by atoms with Crippen molar-refractivity contribution in [3.63, 3.8) is 0 Å². The lowest BCUT2D eigenvalue weighted by Crippen LogP contribution is -2.26. The van der Waals surface area contributed by atoms with Crippen LogP contribution in [0.2, 0.25) is 0 Å². The van der Waals surface area contributed by atoms with Crippen LogP contribution >= 0.6 is 0 Å². The van der Waals surface area contributed by atoms with Crippen LogP contribution < -0.4 is 15.8 Å². The average Bonchev–Trinajstić information content (AvgIpc) is 2.43. The maximum absolute atomic E-state index is 12.1. The van der Waals surface area contributed by atoms with Gasteiger partial charge in [0, 0.05) is 18.8 Å². The number of nitrogens with one attached hydrogen (secondary N) is 1. The van der Waals surface area contributed by atoms with Gasteiger partial charge in [-0.2, -0.15) is 0 Å². The highest BCUT2D eigenvalue weighted by molar-refractivity contribution is 6.01. The van der Waals surface area contributed by atoms with E-state index >= 15 is 0 Å². The van der Waals surface area contributed by atoms with E-state index in [2.05, 4.69) is 5.32 Å². The molecule has 0 bridgehead atoms. The number of benzene rings is 1. The molecule has 5 heteroatoms. The van der Waals surface area contributed by atoms with E-state index in [1.807, 2.05) is 6.92 Å². The number of hydrogen-bond acceptors (Lipinski definition) is 4. The smallest absolute Gasteiger partial charge is 0.257 e.